The smallest absolute Gasteiger partial charge is 0.342 e. The van der Waals surface area contributed by atoms with E-state index in [1.165, 1.54) is 0 Å². The van der Waals surface area contributed by atoms with Crippen molar-refractivity contribution in [2.75, 3.05) is 6.61 Å². The minimum absolute atomic E-state index is 0.297. The van der Waals surface area contributed by atoms with Gasteiger partial charge in [0, 0.05) is 10.9 Å². The van der Waals surface area contributed by atoms with Gasteiger partial charge in [-0.1, -0.05) is 61.4 Å². The fourth-order valence-electron chi connectivity index (χ4n) is 3.60. The predicted octanol–water partition coefficient (Wildman–Crippen LogP) is 5.73. The number of nitrogens with zero attached hydrogens (tertiary/aromatic N) is 2. The lowest BCUT2D eigenvalue weighted by Gasteiger charge is -2.11. The standard InChI is InChI=1S/C24H24N2O2/c1-4-5-13-28-24(27)22-17(3)25-26-21(18-9-7-6-8-10-18)15-19-12-11-16(2)14-20(19)23(22)26/h6-12,14-15H,4-5,13H2,1-3H3. The molecule has 0 spiro atoms. The van der Waals surface area contributed by atoms with Gasteiger partial charge in [-0.15, -0.1) is 0 Å². The van der Waals surface area contributed by atoms with Crippen molar-refractivity contribution in [3.63, 3.8) is 0 Å². The van der Waals surface area contributed by atoms with Crippen LogP contribution in [-0.2, 0) is 4.74 Å². The normalized spacial score (nSPS) is 11.2. The Kier molecular flexibility index (Phi) is 4.86. The van der Waals surface area contributed by atoms with Gasteiger partial charge >= 0.3 is 5.97 Å². The van der Waals surface area contributed by atoms with Crippen LogP contribution < -0.4 is 0 Å². The number of hydrogen-bond donors (Lipinski definition) is 0. The molecule has 0 unspecified atom stereocenters. The Balaban J connectivity index is 2.02. The van der Waals surface area contributed by atoms with E-state index in [2.05, 4.69) is 50.2 Å². The van der Waals surface area contributed by atoms with Crippen LogP contribution in [0, 0.1) is 13.8 Å². The maximum Gasteiger partial charge on any atom is 0.342 e. The van der Waals surface area contributed by atoms with Crippen LogP contribution in [-0.4, -0.2) is 22.2 Å². The predicted molar refractivity (Wildman–Crippen MR) is 113 cm³/mol. The summed E-state index contributed by atoms with van der Waals surface area (Å²) in [7, 11) is 0. The minimum atomic E-state index is -0.297. The van der Waals surface area contributed by atoms with Crippen molar-refractivity contribution >= 4 is 22.3 Å². The number of aryl methyl sites for hydroxylation is 2. The van der Waals surface area contributed by atoms with Crippen LogP contribution in [0.15, 0.2) is 54.6 Å². The van der Waals surface area contributed by atoms with Gasteiger partial charge in [-0.25, -0.2) is 9.31 Å². The van der Waals surface area contributed by atoms with Crippen LogP contribution in [0.4, 0.5) is 0 Å². The van der Waals surface area contributed by atoms with Gasteiger partial charge in [0.2, 0.25) is 0 Å². The molecule has 0 aliphatic heterocycles. The Morgan fingerprint density at radius 3 is 2.61 bits per heavy atom. The van der Waals surface area contributed by atoms with Gasteiger partial charge in [0.05, 0.1) is 23.5 Å². The molecular weight excluding hydrogens is 348 g/mol. The molecule has 0 radical (unpaired) electrons. The molecule has 28 heavy (non-hydrogen) atoms. The molecule has 4 rings (SSSR count). The zero-order valence-electron chi connectivity index (χ0n) is 16.5. The monoisotopic (exact) mass is 372 g/mol. The first-order chi connectivity index (χ1) is 13.6. The molecule has 0 bridgehead atoms. The van der Waals surface area contributed by atoms with Crippen LogP contribution in [0.3, 0.4) is 0 Å². The number of rotatable bonds is 5. The van der Waals surface area contributed by atoms with Gasteiger partial charge in [0.15, 0.2) is 0 Å². The van der Waals surface area contributed by atoms with E-state index in [4.69, 9.17) is 9.84 Å². The van der Waals surface area contributed by atoms with E-state index < -0.39 is 0 Å². The molecule has 0 saturated carbocycles. The van der Waals surface area contributed by atoms with Gasteiger partial charge in [-0.05, 0) is 37.8 Å². The summed E-state index contributed by atoms with van der Waals surface area (Å²) in [5.74, 6) is -0.297. The highest BCUT2D eigenvalue weighted by atomic mass is 16.5. The van der Waals surface area contributed by atoms with Crippen molar-refractivity contribution < 1.29 is 9.53 Å². The molecule has 4 nitrogen and oxygen atoms in total. The molecule has 0 aliphatic carbocycles. The van der Waals surface area contributed by atoms with Crippen LogP contribution in [0.5, 0.6) is 0 Å². The second-order valence-corrected chi connectivity index (χ2v) is 7.20. The van der Waals surface area contributed by atoms with Gasteiger partial charge in [-0.3, -0.25) is 0 Å². The van der Waals surface area contributed by atoms with Crippen molar-refractivity contribution in [1.29, 1.82) is 0 Å². The molecule has 0 saturated heterocycles. The molecule has 0 atom stereocenters. The zero-order chi connectivity index (χ0) is 19.7. The average molecular weight is 372 g/mol. The summed E-state index contributed by atoms with van der Waals surface area (Å²) in [6.07, 6.45) is 1.85. The van der Waals surface area contributed by atoms with Crippen molar-refractivity contribution in [2.45, 2.75) is 33.6 Å². The summed E-state index contributed by atoms with van der Waals surface area (Å²) < 4.78 is 7.44. The lowest BCUT2D eigenvalue weighted by atomic mass is 10.0. The summed E-state index contributed by atoms with van der Waals surface area (Å²) in [6, 6.07) is 18.6. The van der Waals surface area contributed by atoms with Crippen LogP contribution in [0.2, 0.25) is 0 Å². The number of unbranched alkanes of at least 4 members (excludes halogenated alkanes) is 1. The van der Waals surface area contributed by atoms with Crippen molar-refractivity contribution in [1.82, 2.24) is 9.61 Å². The Morgan fingerprint density at radius 1 is 1.07 bits per heavy atom. The maximum absolute atomic E-state index is 12.9. The summed E-state index contributed by atoms with van der Waals surface area (Å²) in [4.78, 5) is 12.9. The SMILES string of the molecule is CCCCOC(=O)c1c(C)nn2c(-c3ccccc3)cc3ccc(C)cc3c12. The largest absolute Gasteiger partial charge is 0.462 e. The third-order valence-electron chi connectivity index (χ3n) is 5.05. The lowest BCUT2D eigenvalue weighted by Crippen LogP contribution is -2.07. The van der Waals surface area contributed by atoms with Gasteiger partial charge in [0.25, 0.3) is 0 Å². The number of fused-ring (bicyclic) bond motifs is 3. The van der Waals surface area contributed by atoms with Crippen molar-refractivity contribution in [2.24, 2.45) is 0 Å². The third-order valence-corrected chi connectivity index (χ3v) is 5.05. The van der Waals surface area contributed by atoms with Crippen molar-refractivity contribution in [3.8, 4) is 11.3 Å². The number of ether oxygens (including phenoxy) is 1. The Labute approximate surface area is 164 Å². The zero-order valence-corrected chi connectivity index (χ0v) is 16.5. The maximum atomic E-state index is 12.9. The number of benzene rings is 2. The highest BCUT2D eigenvalue weighted by Crippen LogP contribution is 2.32. The van der Waals surface area contributed by atoms with E-state index in [-0.39, 0.29) is 5.97 Å². The summed E-state index contributed by atoms with van der Waals surface area (Å²) in [5.41, 5.74) is 5.23. The van der Waals surface area contributed by atoms with E-state index >= 15 is 0 Å². The molecule has 0 N–H and O–H groups in total. The second kappa shape index (κ2) is 7.47. The first-order valence-corrected chi connectivity index (χ1v) is 9.75. The Morgan fingerprint density at radius 2 is 1.86 bits per heavy atom. The quantitative estimate of drug-likeness (QED) is 0.332. The lowest BCUT2D eigenvalue weighted by molar-refractivity contribution is 0.0501. The molecule has 2 aromatic heterocycles. The van der Waals surface area contributed by atoms with Crippen molar-refractivity contribution in [3.05, 3.63) is 71.4 Å². The number of carbonyl (C=O) groups excluding carboxylic acids is 1. The molecule has 142 valence electrons. The molecule has 0 amide bonds. The molecule has 0 fully saturated rings. The Hall–Kier alpha value is -3.14. The Bertz CT molecular complexity index is 1160. The molecule has 2 aromatic carbocycles. The summed E-state index contributed by atoms with van der Waals surface area (Å²) >= 11 is 0. The summed E-state index contributed by atoms with van der Waals surface area (Å²) in [6.45, 7) is 6.45. The number of pyridine rings is 1. The topological polar surface area (TPSA) is 43.6 Å². The first-order valence-electron chi connectivity index (χ1n) is 9.75. The van der Waals surface area contributed by atoms with Crippen LogP contribution in [0.1, 0.15) is 41.4 Å². The second-order valence-electron chi connectivity index (χ2n) is 7.20. The molecule has 4 aromatic rings. The first kappa shape index (κ1) is 18.2. The minimum Gasteiger partial charge on any atom is -0.462 e. The van der Waals surface area contributed by atoms with Gasteiger partial charge in [0.1, 0.15) is 5.56 Å². The molecule has 2 heterocycles. The van der Waals surface area contributed by atoms with Crippen LogP contribution in [0.25, 0.3) is 27.5 Å². The molecular formula is C24H24N2O2. The number of aromatic nitrogens is 2. The van der Waals surface area contributed by atoms with Crippen LogP contribution >= 0.6 is 0 Å². The van der Waals surface area contributed by atoms with Gasteiger partial charge < -0.3 is 4.74 Å². The highest BCUT2D eigenvalue weighted by molar-refractivity contribution is 6.09. The van der Waals surface area contributed by atoms with E-state index in [0.717, 1.165) is 46.0 Å². The number of carbonyl (C=O) groups is 1. The molecule has 0 aliphatic rings. The average Bonchev–Trinajstić information content (AvgIpc) is 3.05. The van der Waals surface area contributed by atoms with E-state index in [0.29, 0.717) is 17.9 Å². The number of hydrogen-bond acceptors (Lipinski definition) is 3. The fourth-order valence-corrected chi connectivity index (χ4v) is 3.60. The highest BCUT2D eigenvalue weighted by Gasteiger charge is 2.22. The van der Waals surface area contributed by atoms with Gasteiger partial charge in [-0.2, -0.15) is 5.10 Å². The molecule has 4 heteroatoms. The van der Waals surface area contributed by atoms with E-state index in [1.807, 2.05) is 29.6 Å². The number of esters is 1. The third kappa shape index (κ3) is 3.15. The fraction of sp³-hybridized carbons (Fsp3) is 0.250. The van der Waals surface area contributed by atoms with E-state index in [9.17, 15) is 4.79 Å². The van der Waals surface area contributed by atoms with E-state index in [1.54, 1.807) is 0 Å². The summed E-state index contributed by atoms with van der Waals surface area (Å²) in [5, 5.41) is 6.83.